The predicted molar refractivity (Wildman–Crippen MR) is 86.1 cm³/mol. The van der Waals surface area contributed by atoms with E-state index in [1.807, 2.05) is 0 Å². The maximum Gasteiger partial charge on any atom is 0.0940 e. The summed E-state index contributed by atoms with van der Waals surface area (Å²) in [6, 6.07) is 8.63. The van der Waals surface area contributed by atoms with E-state index in [0.29, 0.717) is 5.92 Å². The molecule has 0 radical (unpaired) electrons. The van der Waals surface area contributed by atoms with Gasteiger partial charge in [-0.05, 0) is 53.0 Å². The van der Waals surface area contributed by atoms with Crippen LogP contribution in [0.15, 0.2) is 24.3 Å². The standard InChI is InChI=1S/C15H21IN2O2/c16-13-4-2-1-3-12(13)14(18-17)11-5-7-20-15(9-11)6-8-19-10-15/h1-4,11,14,18H,5-10,17H2. The number of benzene rings is 1. The van der Waals surface area contributed by atoms with Crippen LogP contribution in [0.1, 0.15) is 30.9 Å². The van der Waals surface area contributed by atoms with Gasteiger partial charge in [-0.1, -0.05) is 18.2 Å². The molecule has 1 aromatic carbocycles. The molecule has 2 heterocycles. The van der Waals surface area contributed by atoms with Crippen molar-refractivity contribution in [3.05, 3.63) is 33.4 Å². The summed E-state index contributed by atoms with van der Waals surface area (Å²) in [6.45, 7) is 2.35. The minimum absolute atomic E-state index is 0.0712. The highest BCUT2D eigenvalue weighted by atomic mass is 127. The molecule has 3 rings (SSSR count). The smallest absolute Gasteiger partial charge is 0.0940 e. The van der Waals surface area contributed by atoms with Crippen LogP contribution in [0.3, 0.4) is 0 Å². The quantitative estimate of drug-likeness (QED) is 0.474. The molecular weight excluding hydrogens is 367 g/mol. The minimum atomic E-state index is -0.0712. The van der Waals surface area contributed by atoms with Gasteiger partial charge < -0.3 is 9.47 Å². The predicted octanol–water partition coefficient (Wildman–Crippen LogP) is 2.38. The molecule has 0 bridgehead atoms. The fraction of sp³-hybridized carbons (Fsp3) is 0.600. The number of halogens is 1. The van der Waals surface area contributed by atoms with E-state index in [1.54, 1.807) is 0 Å². The normalized spacial score (nSPS) is 31.6. The fourth-order valence-electron chi connectivity index (χ4n) is 3.42. The summed E-state index contributed by atoms with van der Waals surface area (Å²) >= 11 is 2.38. The fourth-order valence-corrected chi connectivity index (χ4v) is 4.14. The third-order valence-corrected chi connectivity index (χ3v) is 5.47. The van der Waals surface area contributed by atoms with E-state index in [-0.39, 0.29) is 11.6 Å². The maximum atomic E-state index is 6.02. The molecule has 3 unspecified atom stereocenters. The molecule has 0 aliphatic carbocycles. The van der Waals surface area contributed by atoms with E-state index < -0.39 is 0 Å². The summed E-state index contributed by atoms with van der Waals surface area (Å²) in [5, 5.41) is 0. The van der Waals surface area contributed by atoms with E-state index >= 15 is 0 Å². The zero-order valence-electron chi connectivity index (χ0n) is 11.5. The Bertz CT molecular complexity index is 463. The van der Waals surface area contributed by atoms with Crippen LogP contribution in [0.4, 0.5) is 0 Å². The number of hydrogen-bond donors (Lipinski definition) is 2. The van der Waals surface area contributed by atoms with Gasteiger partial charge in [0, 0.05) is 23.2 Å². The molecule has 0 saturated carbocycles. The van der Waals surface area contributed by atoms with Crippen LogP contribution in [0.25, 0.3) is 0 Å². The lowest BCUT2D eigenvalue weighted by molar-refractivity contribution is -0.103. The van der Waals surface area contributed by atoms with E-state index in [9.17, 15) is 0 Å². The van der Waals surface area contributed by atoms with Crippen LogP contribution in [-0.4, -0.2) is 25.4 Å². The molecule has 2 aliphatic rings. The van der Waals surface area contributed by atoms with Gasteiger partial charge in [0.1, 0.15) is 0 Å². The second-order valence-corrected chi connectivity index (χ2v) is 6.91. The lowest BCUT2D eigenvalue weighted by Crippen LogP contribution is -2.45. The molecule has 0 aromatic heterocycles. The zero-order chi connectivity index (χ0) is 14.0. The summed E-state index contributed by atoms with van der Waals surface area (Å²) in [4.78, 5) is 0. The molecule has 3 N–H and O–H groups in total. The average Bonchev–Trinajstić information content (AvgIpc) is 2.90. The molecule has 2 saturated heterocycles. The van der Waals surface area contributed by atoms with Crippen molar-refractivity contribution < 1.29 is 9.47 Å². The summed E-state index contributed by atoms with van der Waals surface area (Å²) in [5.41, 5.74) is 4.25. The highest BCUT2D eigenvalue weighted by molar-refractivity contribution is 14.1. The summed E-state index contributed by atoms with van der Waals surface area (Å²) in [7, 11) is 0. The van der Waals surface area contributed by atoms with E-state index in [0.717, 1.165) is 39.1 Å². The number of ether oxygens (including phenoxy) is 2. The Morgan fingerprint density at radius 1 is 1.35 bits per heavy atom. The molecule has 2 aliphatic heterocycles. The molecule has 20 heavy (non-hydrogen) atoms. The van der Waals surface area contributed by atoms with Crippen molar-refractivity contribution in [3.63, 3.8) is 0 Å². The first kappa shape index (κ1) is 14.7. The highest BCUT2D eigenvalue weighted by Gasteiger charge is 2.43. The molecule has 3 atom stereocenters. The Labute approximate surface area is 133 Å². The van der Waals surface area contributed by atoms with Crippen molar-refractivity contribution in [1.29, 1.82) is 0 Å². The average molecular weight is 388 g/mol. The van der Waals surface area contributed by atoms with Crippen molar-refractivity contribution >= 4 is 22.6 Å². The Morgan fingerprint density at radius 2 is 2.20 bits per heavy atom. The number of rotatable bonds is 3. The Kier molecular flexibility index (Phi) is 4.62. The van der Waals surface area contributed by atoms with Crippen molar-refractivity contribution in [2.24, 2.45) is 11.8 Å². The van der Waals surface area contributed by atoms with Gasteiger partial charge in [0.15, 0.2) is 0 Å². The van der Waals surface area contributed by atoms with E-state index in [4.69, 9.17) is 15.3 Å². The van der Waals surface area contributed by atoms with Crippen LogP contribution in [0.2, 0.25) is 0 Å². The first-order chi connectivity index (χ1) is 9.74. The first-order valence-corrected chi connectivity index (χ1v) is 8.24. The number of hydrazine groups is 1. The van der Waals surface area contributed by atoms with Gasteiger partial charge in [-0.3, -0.25) is 11.3 Å². The number of hydrogen-bond acceptors (Lipinski definition) is 4. The van der Waals surface area contributed by atoms with Crippen LogP contribution in [-0.2, 0) is 9.47 Å². The third kappa shape index (κ3) is 2.87. The van der Waals surface area contributed by atoms with Crippen LogP contribution < -0.4 is 11.3 Å². The second-order valence-electron chi connectivity index (χ2n) is 5.75. The van der Waals surface area contributed by atoms with Gasteiger partial charge in [0.2, 0.25) is 0 Å². The lowest BCUT2D eigenvalue weighted by atomic mass is 9.79. The van der Waals surface area contributed by atoms with E-state index in [2.05, 4.69) is 52.3 Å². The minimum Gasteiger partial charge on any atom is -0.378 e. The van der Waals surface area contributed by atoms with Crippen LogP contribution in [0.5, 0.6) is 0 Å². The summed E-state index contributed by atoms with van der Waals surface area (Å²) < 4.78 is 12.8. The largest absolute Gasteiger partial charge is 0.378 e. The van der Waals surface area contributed by atoms with Gasteiger partial charge in [-0.2, -0.15) is 0 Å². The van der Waals surface area contributed by atoms with Crippen molar-refractivity contribution in [3.8, 4) is 0 Å². The van der Waals surface area contributed by atoms with Gasteiger partial charge in [0.05, 0.1) is 18.2 Å². The molecule has 1 spiro atoms. The SMILES string of the molecule is NNC(c1ccccc1I)C1CCOC2(CCOC2)C1. The zero-order valence-corrected chi connectivity index (χ0v) is 13.6. The Morgan fingerprint density at radius 3 is 2.90 bits per heavy atom. The van der Waals surface area contributed by atoms with Gasteiger partial charge >= 0.3 is 0 Å². The Hall–Kier alpha value is -0.210. The molecule has 2 fully saturated rings. The van der Waals surface area contributed by atoms with Gasteiger partial charge in [-0.25, -0.2) is 0 Å². The first-order valence-electron chi connectivity index (χ1n) is 7.16. The highest BCUT2D eigenvalue weighted by Crippen LogP contribution is 2.41. The Balaban J connectivity index is 1.81. The van der Waals surface area contributed by atoms with Gasteiger partial charge in [0.25, 0.3) is 0 Å². The van der Waals surface area contributed by atoms with Crippen LogP contribution >= 0.6 is 22.6 Å². The third-order valence-electron chi connectivity index (χ3n) is 4.49. The number of nitrogens with two attached hydrogens (primary N) is 1. The van der Waals surface area contributed by atoms with E-state index in [1.165, 1.54) is 9.13 Å². The molecule has 5 heteroatoms. The monoisotopic (exact) mass is 388 g/mol. The molecule has 110 valence electrons. The summed E-state index contributed by atoms with van der Waals surface area (Å²) in [5.74, 6) is 6.36. The molecule has 0 amide bonds. The van der Waals surface area contributed by atoms with Crippen molar-refractivity contribution in [1.82, 2.24) is 5.43 Å². The summed E-state index contributed by atoms with van der Waals surface area (Å²) in [6.07, 6.45) is 3.07. The van der Waals surface area contributed by atoms with Crippen molar-refractivity contribution in [2.75, 3.05) is 19.8 Å². The van der Waals surface area contributed by atoms with Crippen LogP contribution in [0, 0.1) is 9.49 Å². The molecular formula is C15H21IN2O2. The molecule has 4 nitrogen and oxygen atoms in total. The second kappa shape index (κ2) is 6.27. The van der Waals surface area contributed by atoms with Gasteiger partial charge in [-0.15, -0.1) is 0 Å². The lowest BCUT2D eigenvalue weighted by Gasteiger charge is -2.40. The maximum absolute atomic E-state index is 6.02. The number of nitrogens with one attached hydrogen (secondary N) is 1. The molecule has 1 aromatic rings. The topological polar surface area (TPSA) is 56.5 Å². The van der Waals surface area contributed by atoms with Crippen molar-refractivity contribution in [2.45, 2.75) is 30.9 Å².